The molecule has 0 spiro atoms. The lowest BCUT2D eigenvalue weighted by molar-refractivity contribution is -0.117. The number of hydrogen-bond donors (Lipinski definition) is 1. The van der Waals surface area contributed by atoms with Crippen molar-refractivity contribution in [3.05, 3.63) is 34.8 Å². The third-order valence-corrected chi connectivity index (χ3v) is 3.17. The Balaban J connectivity index is 3.07. The number of carbonyl (C=O) groups excluding carboxylic acids is 2. The third-order valence-electron chi connectivity index (χ3n) is 3.17. The fraction of sp³-hybridized carbons (Fsp3) is 0.429. The first-order valence-electron chi connectivity index (χ1n) is 6.48. The largest absolute Gasteiger partial charge is 0.416 e. The average Bonchev–Trinajstić information content (AvgIpc) is 2.44. The van der Waals surface area contributed by atoms with Gasteiger partial charge in [-0.05, 0) is 13.3 Å². The van der Waals surface area contributed by atoms with Crippen molar-refractivity contribution in [2.75, 3.05) is 13.6 Å². The van der Waals surface area contributed by atoms with Crippen LogP contribution in [0.4, 0.5) is 17.6 Å². The van der Waals surface area contributed by atoms with Crippen molar-refractivity contribution in [3.63, 3.8) is 0 Å². The Labute approximate surface area is 125 Å². The van der Waals surface area contributed by atoms with Crippen molar-refractivity contribution >= 4 is 12.3 Å². The second-order valence-corrected chi connectivity index (χ2v) is 4.67. The zero-order valence-corrected chi connectivity index (χ0v) is 12.1. The summed E-state index contributed by atoms with van der Waals surface area (Å²) >= 11 is 0. The molecular formula is C14H16F4N2O2. The number of amides is 2. The molecule has 22 heavy (non-hydrogen) atoms. The van der Waals surface area contributed by atoms with Gasteiger partial charge < -0.3 is 10.2 Å². The molecule has 0 saturated heterocycles. The van der Waals surface area contributed by atoms with Crippen LogP contribution >= 0.6 is 0 Å². The summed E-state index contributed by atoms with van der Waals surface area (Å²) in [6.07, 6.45) is -2.65. The van der Waals surface area contributed by atoms with E-state index in [1.165, 1.54) is 14.0 Å². The molecule has 1 aliphatic rings. The number of hydrogen-bond acceptors (Lipinski definition) is 2. The van der Waals surface area contributed by atoms with Crippen LogP contribution in [0.5, 0.6) is 0 Å². The molecule has 0 aromatic carbocycles. The maximum Gasteiger partial charge on any atom is 0.416 e. The van der Waals surface area contributed by atoms with Gasteiger partial charge in [-0.3, -0.25) is 9.59 Å². The number of nitrogens with one attached hydrogen (secondary N) is 1. The minimum atomic E-state index is -4.69. The van der Waals surface area contributed by atoms with E-state index in [0.717, 1.165) is 17.1 Å². The van der Waals surface area contributed by atoms with Crippen LogP contribution in [0.2, 0.25) is 0 Å². The Hall–Kier alpha value is -2.12. The number of likely N-dealkylation sites (N-methyl/N-ethyl adjacent to an activating group) is 1. The van der Waals surface area contributed by atoms with E-state index in [1.807, 2.05) is 0 Å². The van der Waals surface area contributed by atoms with Gasteiger partial charge in [-0.15, -0.1) is 0 Å². The SMILES string of the molecule is CNC(=O)/C=C(/C)N(C=O)CC1=C(F)CCC=C1C(F)(F)F. The molecule has 1 aliphatic carbocycles. The summed E-state index contributed by atoms with van der Waals surface area (Å²) in [6, 6.07) is 0. The van der Waals surface area contributed by atoms with Gasteiger partial charge in [-0.1, -0.05) is 6.08 Å². The fourth-order valence-corrected chi connectivity index (χ4v) is 1.98. The minimum Gasteiger partial charge on any atom is -0.356 e. The molecule has 0 aliphatic heterocycles. The third kappa shape index (κ3) is 4.44. The first-order valence-corrected chi connectivity index (χ1v) is 6.48. The molecule has 1 N–H and O–H groups in total. The minimum absolute atomic E-state index is 0.0433. The summed E-state index contributed by atoms with van der Waals surface area (Å²) in [5, 5.41) is 2.28. The number of alkyl halides is 3. The molecule has 8 heteroatoms. The zero-order valence-electron chi connectivity index (χ0n) is 12.1. The summed E-state index contributed by atoms with van der Waals surface area (Å²) in [5.74, 6) is -1.41. The van der Waals surface area contributed by atoms with Crippen LogP contribution in [0, 0.1) is 0 Å². The quantitative estimate of drug-likeness (QED) is 0.481. The Morgan fingerprint density at radius 1 is 1.45 bits per heavy atom. The highest BCUT2D eigenvalue weighted by atomic mass is 19.4. The van der Waals surface area contributed by atoms with Gasteiger partial charge in [0.05, 0.1) is 12.1 Å². The lowest BCUT2D eigenvalue weighted by Gasteiger charge is -2.25. The number of nitrogens with zero attached hydrogens (tertiary/aromatic N) is 1. The Morgan fingerprint density at radius 3 is 2.59 bits per heavy atom. The van der Waals surface area contributed by atoms with Crippen LogP contribution in [0.1, 0.15) is 19.8 Å². The second-order valence-electron chi connectivity index (χ2n) is 4.67. The van der Waals surface area contributed by atoms with Crippen molar-refractivity contribution in [1.82, 2.24) is 10.2 Å². The Bertz CT molecular complexity index is 548. The fourth-order valence-electron chi connectivity index (χ4n) is 1.98. The molecular weight excluding hydrogens is 304 g/mol. The predicted octanol–water partition coefficient (Wildman–Crippen LogP) is 2.60. The van der Waals surface area contributed by atoms with Crippen LogP contribution in [0.15, 0.2) is 34.8 Å². The summed E-state index contributed by atoms with van der Waals surface area (Å²) in [6.45, 7) is 0.794. The molecule has 0 bridgehead atoms. The van der Waals surface area contributed by atoms with Crippen molar-refractivity contribution in [3.8, 4) is 0 Å². The maximum atomic E-state index is 13.8. The highest BCUT2D eigenvalue weighted by molar-refractivity contribution is 5.88. The maximum absolute atomic E-state index is 13.8. The van der Waals surface area contributed by atoms with E-state index < -0.39 is 35.6 Å². The van der Waals surface area contributed by atoms with Gasteiger partial charge in [0.15, 0.2) is 0 Å². The van der Waals surface area contributed by atoms with E-state index in [0.29, 0.717) is 0 Å². The Kier molecular flexibility index (Phi) is 5.90. The van der Waals surface area contributed by atoms with Crippen LogP contribution < -0.4 is 5.32 Å². The highest BCUT2D eigenvalue weighted by Gasteiger charge is 2.38. The van der Waals surface area contributed by atoms with E-state index >= 15 is 0 Å². The molecule has 122 valence electrons. The van der Waals surface area contributed by atoms with Gasteiger partial charge in [0.1, 0.15) is 5.83 Å². The van der Waals surface area contributed by atoms with Crippen LogP contribution in [0.25, 0.3) is 0 Å². The average molecular weight is 320 g/mol. The molecule has 0 fully saturated rings. The summed E-state index contributed by atoms with van der Waals surface area (Å²) in [5.41, 5.74) is -1.53. The topological polar surface area (TPSA) is 49.4 Å². The molecule has 0 aromatic rings. The van der Waals surface area contributed by atoms with Gasteiger partial charge >= 0.3 is 6.18 Å². The molecule has 0 heterocycles. The monoisotopic (exact) mass is 320 g/mol. The normalized spacial score (nSPS) is 16.3. The van der Waals surface area contributed by atoms with Gasteiger partial charge in [0.2, 0.25) is 12.3 Å². The zero-order chi connectivity index (χ0) is 16.9. The van der Waals surface area contributed by atoms with Crippen LogP contribution in [0.3, 0.4) is 0 Å². The predicted molar refractivity (Wildman–Crippen MR) is 72.1 cm³/mol. The van der Waals surface area contributed by atoms with E-state index in [2.05, 4.69) is 5.32 Å². The number of halogens is 4. The highest BCUT2D eigenvalue weighted by Crippen LogP contribution is 2.38. The second kappa shape index (κ2) is 7.24. The van der Waals surface area contributed by atoms with Crippen molar-refractivity contribution in [2.24, 2.45) is 0 Å². The van der Waals surface area contributed by atoms with E-state index in [9.17, 15) is 27.2 Å². The molecule has 0 atom stereocenters. The number of allylic oxidation sites excluding steroid dienone is 3. The van der Waals surface area contributed by atoms with Crippen molar-refractivity contribution in [2.45, 2.75) is 25.9 Å². The van der Waals surface area contributed by atoms with Crippen LogP contribution in [-0.4, -0.2) is 37.0 Å². The lowest BCUT2D eigenvalue weighted by atomic mass is 9.95. The number of rotatable bonds is 5. The first-order chi connectivity index (χ1) is 10.2. The van der Waals surface area contributed by atoms with Crippen LogP contribution in [-0.2, 0) is 9.59 Å². The molecule has 0 unspecified atom stereocenters. The molecule has 2 amide bonds. The van der Waals surface area contributed by atoms with Crippen molar-refractivity contribution in [1.29, 1.82) is 0 Å². The van der Waals surface area contributed by atoms with Gasteiger partial charge in [0, 0.05) is 30.8 Å². The summed E-state index contributed by atoms with van der Waals surface area (Å²) < 4.78 is 52.6. The van der Waals surface area contributed by atoms with E-state index in [-0.39, 0.29) is 24.9 Å². The van der Waals surface area contributed by atoms with Gasteiger partial charge in [-0.2, -0.15) is 13.2 Å². The summed E-state index contributed by atoms with van der Waals surface area (Å²) in [4.78, 5) is 23.1. The molecule has 1 rings (SSSR count). The molecule has 4 nitrogen and oxygen atoms in total. The standard InChI is InChI=1S/C14H16F4N2O2/c1-9(6-13(22)19-2)20(8-21)7-10-11(14(16,17)18)4-3-5-12(10)15/h4,6,8H,3,5,7H2,1-2H3,(H,19,22)/b9-6-. The first kappa shape index (κ1) is 17.9. The Morgan fingerprint density at radius 2 is 2.09 bits per heavy atom. The molecule has 0 radical (unpaired) electrons. The van der Waals surface area contributed by atoms with E-state index in [1.54, 1.807) is 0 Å². The van der Waals surface area contributed by atoms with Crippen molar-refractivity contribution < 1.29 is 27.2 Å². The van der Waals surface area contributed by atoms with Gasteiger partial charge in [0.25, 0.3) is 0 Å². The molecule has 0 aromatic heterocycles. The van der Waals surface area contributed by atoms with E-state index in [4.69, 9.17) is 0 Å². The smallest absolute Gasteiger partial charge is 0.356 e. The number of carbonyl (C=O) groups is 2. The lowest BCUT2D eigenvalue weighted by Crippen LogP contribution is -2.29. The van der Waals surface area contributed by atoms with Gasteiger partial charge in [-0.25, -0.2) is 4.39 Å². The summed E-state index contributed by atoms with van der Waals surface area (Å²) in [7, 11) is 1.37. The molecule has 0 saturated carbocycles.